The highest BCUT2D eigenvalue weighted by Crippen LogP contribution is 2.36. The molecule has 3 heteroatoms. The van der Waals surface area contributed by atoms with Gasteiger partial charge in [-0.1, -0.05) is 19.9 Å². The lowest BCUT2D eigenvalue weighted by molar-refractivity contribution is 0.245. The topological polar surface area (TPSA) is 38.4 Å². The molecule has 0 aliphatic heterocycles. The molecule has 1 aromatic carbocycles. The van der Waals surface area contributed by atoms with Gasteiger partial charge in [0, 0.05) is 0 Å². The van der Waals surface area contributed by atoms with Gasteiger partial charge >= 0.3 is 0 Å². The summed E-state index contributed by atoms with van der Waals surface area (Å²) in [6.45, 7) is 5.17. The van der Waals surface area contributed by atoms with Gasteiger partial charge in [0.1, 0.15) is 0 Å². The summed E-state index contributed by atoms with van der Waals surface area (Å²) >= 11 is 0. The van der Waals surface area contributed by atoms with Gasteiger partial charge in [-0.25, -0.2) is 0 Å². The predicted octanol–water partition coefficient (Wildman–Crippen LogP) is 3.41. The summed E-state index contributed by atoms with van der Waals surface area (Å²) < 4.78 is 10.8. The van der Waals surface area contributed by atoms with E-state index in [1.54, 1.807) is 12.1 Å². The largest absolute Gasteiger partial charge is 0.490 e. The van der Waals surface area contributed by atoms with Crippen LogP contribution in [-0.2, 0) is 5.11 Å². The molecule has 0 unspecified atom stereocenters. The number of ether oxygens (including phenoxy) is 2. The van der Waals surface area contributed by atoms with E-state index in [1.165, 1.54) is 6.07 Å². The molecule has 0 aliphatic rings. The molecule has 0 heterocycles. The lowest BCUT2D eigenvalue weighted by Gasteiger charge is -2.11. The Bertz CT molecular complexity index is 297. The van der Waals surface area contributed by atoms with Gasteiger partial charge in [0.15, 0.2) is 5.75 Å². The van der Waals surface area contributed by atoms with E-state index in [4.69, 9.17) is 9.47 Å². The van der Waals surface area contributed by atoms with Crippen LogP contribution in [0.2, 0.25) is 0 Å². The Morgan fingerprint density at radius 2 is 1.73 bits per heavy atom. The Hall–Kier alpha value is -1.38. The molecule has 0 spiro atoms. The third-order valence-electron chi connectivity index (χ3n) is 1.85. The van der Waals surface area contributed by atoms with Crippen LogP contribution in [0.3, 0.4) is 0 Å². The molecule has 0 aliphatic carbocycles. The van der Waals surface area contributed by atoms with Gasteiger partial charge in [-0.05, 0) is 25.0 Å². The summed E-state index contributed by atoms with van der Waals surface area (Å²) in [4.78, 5) is 0. The number of hydrogen-bond acceptors (Lipinski definition) is 2. The van der Waals surface area contributed by atoms with Gasteiger partial charge < -0.3 is 9.47 Å². The first-order valence-corrected chi connectivity index (χ1v) is 5.35. The number of benzene rings is 1. The first kappa shape index (κ1) is 11.7. The molecule has 1 aromatic rings. The van der Waals surface area contributed by atoms with Crippen molar-refractivity contribution < 1.29 is 14.6 Å². The van der Waals surface area contributed by atoms with E-state index >= 15 is 0 Å². The molecule has 1 rings (SSSR count). The van der Waals surface area contributed by atoms with Crippen molar-refractivity contribution in [3.8, 4) is 17.2 Å². The number of hydrogen-bond donors (Lipinski definition) is 0. The fourth-order valence-electron chi connectivity index (χ4n) is 1.17. The molecular weight excluding hydrogens is 192 g/mol. The molecule has 0 saturated heterocycles. The monoisotopic (exact) mass is 209 g/mol. The molecule has 0 fully saturated rings. The van der Waals surface area contributed by atoms with Crippen molar-refractivity contribution in [3.63, 3.8) is 0 Å². The van der Waals surface area contributed by atoms with Crippen molar-refractivity contribution in [1.29, 1.82) is 0 Å². The maximum absolute atomic E-state index is 11.5. The minimum Gasteiger partial charge on any atom is -0.490 e. The van der Waals surface area contributed by atoms with Crippen molar-refractivity contribution >= 4 is 0 Å². The summed E-state index contributed by atoms with van der Waals surface area (Å²) in [7, 11) is 0. The maximum atomic E-state index is 11.5. The molecular formula is C12H17O3. The standard InChI is InChI=1S/C12H17O3/c1-3-8-14-11-7-5-6-10(13)12(11)15-9-4-2/h5-7H,3-4,8-9H2,1-2H3. The fourth-order valence-corrected chi connectivity index (χ4v) is 1.17. The molecule has 0 N–H and O–H groups in total. The van der Waals surface area contributed by atoms with Crippen LogP contribution in [-0.4, -0.2) is 13.2 Å². The average molecular weight is 209 g/mol. The number of para-hydroxylation sites is 1. The minimum atomic E-state index is -0.114. The van der Waals surface area contributed by atoms with E-state index in [1.807, 2.05) is 13.8 Å². The highest BCUT2D eigenvalue weighted by molar-refractivity contribution is 5.50. The molecule has 1 radical (unpaired) electrons. The predicted molar refractivity (Wildman–Crippen MR) is 58.1 cm³/mol. The Balaban J connectivity index is 2.77. The molecule has 0 atom stereocenters. The second-order valence-corrected chi connectivity index (χ2v) is 3.28. The Morgan fingerprint density at radius 3 is 2.40 bits per heavy atom. The molecule has 0 amide bonds. The average Bonchev–Trinajstić information content (AvgIpc) is 2.25. The van der Waals surface area contributed by atoms with Gasteiger partial charge in [0.25, 0.3) is 0 Å². The minimum absolute atomic E-state index is 0.114. The van der Waals surface area contributed by atoms with Crippen LogP contribution in [0, 0.1) is 0 Å². The number of rotatable bonds is 6. The van der Waals surface area contributed by atoms with Crippen LogP contribution in [0.5, 0.6) is 17.2 Å². The third-order valence-corrected chi connectivity index (χ3v) is 1.85. The van der Waals surface area contributed by atoms with Crippen LogP contribution < -0.4 is 9.47 Å². The van der Waals surface area contributed by atoms with E-state index < -0.39 is 0 Å². The molecule has 3 nitrogen and oxygen atoms in total. The second-order valence-electron chi connectivity index (χ2n) is 3.28. The van der Waals surface area contributed by atoms with E-state index in [2.05, 4.69) is 0 Å². The van der Waals surface area contributed by atoms with E-state index in [9.17, 15) is 5.11 Å². The van der Waals surface area contributed by atoms with Crippen LogP contribution >= 0.6 is 0 Å². The Kier molecular flexibility index (Phi) is 4.81. The molecule has 0 aromatic heterocycles. The van der Waals surface area contributed by atoms with Gasteiger partial charge in [0.05, 0.1) is 13.2 Å². The highest BCUT2D eigenvalue weighted by atomic mass is 16.5. The Morgan fingerprint density at radius 1 is 1.07 bits per heavy atom. The zero-order valence-electron chi connectivity index (χ0n) is 9.29. The molecule has 83 valence electrons. The summed E-state index contributed by atoms with van der Waals surface area (Å²) in [5.74, 6) is 0.780. The fraction of sp³-hybridized carbons (Fsp3) is 0.500. The van der Waals surface area contributed by atoms with E-state index in [0.717, 1.165) is 12.8 Å². The molecule has 15 heavy (non-hydrogen) atoms. The van der Waals surface area contributed by atoms with Gasteiger partial charge in [-0.3, -0.25) is 5.11 Å². The quantitative estimate of drug-likeness (QED) is 0.720. The lowest BCUT2D eigenvalue weighted by Crippen LogP contribution is -2.01. The van der Waals surface area contributed by atoms with E-state index in [-0.39, 0.29) is 5.75 Å². The van der Waals surface area contributed by atoms with Crippen molar-refractivity contribution in [2.45, 2.75) is 26.7 Å². The van der Waals surface area contributed by atoms with Gasteiger partial charge in [-0.2, -0.15) is 0 Å². The normalized spacial score (nSPS) is 10.0. The third kappa shape index (κ3) is 3.35. The highest BCUT2D eigenvalue weighted by Gasteiger charge is 2.11. The van der Waals surface area contributed by atoms with Gasteiger partial charge in [0.2, 0.25) is 11.5 Å². The zero-order valence-corrected chi connectivity index (χ0v) is 9.29. The SMILES string of the molecule is CCCOc1cccc([O])c1OCCC. The summed E-state index contributed by atoms with van der Waals surface area (Å²) in [6.07, 6.45) is 1.79. The molecule has 0 bridgehead atoms. The van der Waals surface area contributed by atoms with Gasteiger partial charge in [-0.15, -0.1) is 0 Å². The van der Waals surface area contributed by atoms with Crippen molar-refractivity contribution in [3.05, 3.63) is 18.2 Å². The first-order chi connectivity index (χ1) is 7.29. The zero-order chi connectivity index (χ0) is 11.1. The van der Waals surface area contributed by atoms with Crippen LogP contribution in [0.4, 0.5) is 0 Å². The maximum Gasteiger partial charge on any atom is 0.224 e. The summed E-state index contributed by atoms with van der Waals surface area (Å²) in [5.41, 5.74) is 0. The summed E-state index contributed by atoms with van der Waals surface area (Å²) in [5, 5.41) is 11.5. The van der Waals surface area contributed by atoms with Crippen molar-refractivity contribution in [2.24, 2.45) is 0 Å². The van der Waals surface area contributed by atoms with Crippen LogP contribution in [0.1, 0.15) is 26.7 Å². The summed E-state index contributed by atoms with van der Waals surface area (Å²) in [6, 6.07) is 4.94. The van der Waals surface area contributed by atoms with Crippen molar-refractivity contribution in [1.82, 2.24) is 0 Å². The first-order valence-electron chi connectivity index (χ1n) is 5.35. The smallest absolute Gasteiger partial charge is 0.224 e. The van der Waals surface area contributed by atoms with E-state index in [0.29, 0.717) is 24.7 Å². The Labute approximate surface area is 90.6 Å². The lowest BCUT2D eigenvalue weighted by atomic mass is 10.3. The van der Waals surface area contributed by atoms with Crippen molar-refractivity contribution in [2.75, 3.05) is 13.2 Å². The van der Waals surface area contributed by atoms with Crippen LogP contribution in [0.25, 0.3) is 0 Å². The second kappa shape index (κ2) is 6.17. The van der Waals surface area contributed by atoms with Crippen LogP contribution in [0.15, 0.2) is 18.2 Å². The molecule has 0 saturated carbocycles.